The lowest BCUT2D eigenvalue weighted by atomic mass is 10.1. The number of rotatable bonds is 2. The molecule has 0 spiro atoms. The molecule has 13 heteroatoms. The second-order valence-electron chi connectivity index (χ2n) is 5.39. The minimum absolute atomic E-state index is 0.188. The molecule has 0 saturated heterocycles. The fraction of sp³-hybridized carbons (Fsp3) is 0.125. The standard InChI is InChI=1S/C16H7BrF8N2O2/c17-12-7(15(20,21)22)4-6(5-8(12)16(23,24)25)26-14(29)27-13(28)11-9(18)2-1-3-10(11)19/h1-5H,(H2,26,27,28,29). The molecule has 0 aliphatic carbocycles. The first-order valence-corrected chi connectivity index (χ1v) is 8.05. The molecule has 2 aromatic carbocycles. The van der Waals surface area contributed by atoms with E-state index in [9.17, 15) is 44.7 Å². The number of anilines is 1. The van der Waals surface area contributed by atoms with Gasteiger partial charge in [-0.15, -0.1) is 0 Å². The van der Waals surface area contributed by atoms with Crippen LogP contribution in [-0.2, 0) is 12.4 Å². The summed E-state index contributed by atoms with van der Waals surface area (Å²) < 4.78 is 104. The Morgan fingerprint density at radius 3 is 1.72 bits per heavy atom. The van der Waals surface area contributed by atoms with Crippen LogP contribution in [0.3, 0.4) is 0 Å². The summed E-state index contributed by atoms with van der Waals surface area (Å²) in [6.45, 7) is 0. The first-order valence-electron chi connectivity index (χ1n) is 7.26. The molecule has 0 aromatic heterocycles. The van der Waals surface area contributed by atoms with Crippen LogP contribution in [0.1, 0.15) is 21.5 Å². The third-order valence-corrected chi connectivity index (χ3v) is 4.21. The van der Waals surface area contributed by atoms with Gasteiger partial charge in [-0.05, 0) is 40.2 Å². The maximum absolute atomic E-state index is 13.5. The van der Waals surface area contributed by atoms with Gasteiger partial charge >= 0.3 is 18.4 Å². The van der Waals surface area contributed by atoms with Gasteiger partial charge in [0.25, 0.3) is 5.91 Å². The van der Waals surface area contributed by atoms with Crippen LogP contribution in [0.4, 0.5) is 45.6 Å². The summed E-state index contributed by atoms with van der Waals surface area (Å²) in [7, 11) is 0. The molecule has 0 saturated carbocycles. The highest BCUT2D eigenvalue weighted by molar-refractivity contribution is 9.10. The summed E-state index contributed by atoms with van der Waals surface area (Å²) in [5.41, 5.74) is -5.61. The molecule has 0 unspecified atom stereocenters. The number of hydrogen-bond donors (Lipinski definition) is 2. The molecule has 2 aromatic rings. The summed E-state index contributed by atoms with van der Waals surface area (Å²) in [6.07, 6.45) is -10.4. The van der Waals surface area contributed by atoms with Gasteiger partial charge in [0.1, 0.15) is 17.2 Å². The molecule has 2 rings (SSSR count). The van der Waals surface area contributed by atoms with E-state index < -0.39 is 62.8 Å². The van der Waals surface area contributed by atoms with E-state index in [4.69, 9.17) is 0 Å². The lowest BCUT2D eigenvalue weighted by Gasteiger charge is -2.17. The van der Waals surface area contributed by atoms with Gasteiger partial charge in [-0.25, -0.2) is 13.6 Å². The van der Waals surface area contributed by atoms with E-state index in [1.54, 1.807) is 5.32 Å². The van der Waals surface area contributed by atoms with Crippen molar-refractivity contribution in [2.75, 3.05) is 5.32 Å². The van der Waals surface area contributed by atoms with E-state index in [-0.39, 0.29) is 12.1 Å². The molecule has 3 amide bonds. The molecule has 4 nitrogen and oxygen atoms in total. The molecule has 29 heavy (non-hydrogen) atoms. The Bertz CT molecular complexity index is 917. The number of alkyl halides is 6. The van der Waals surface area contributed by atoms with Crippen LogP contribution >= 0.6 is 15.9 Å². The molecular weight excluding hydrogens is 484 g/mol. The number of benzene rings is 2. The van der Waals surface area contributed by atoms with Crippen molar-refractivity contribution in [3.63, 3.8) is 0 Å². The molecule has 0 aliphatic rings. The zero-order valence-corrected chi connectivity index (χ0v) is 15.2. The third kappa shape index (κ3) is 5.22. The Balaban J connectivity index is 2.34. The smallest absolute Gasteiger partial charge is 0.308 e. The first kappa shape index (κ1) is 22.6. The van der Waals surface area contributed by atoms with Crippen LogP contribution in [0.2, 0.25) is 0 Å². The van der Waals surface area contributed by atoms with Gasteiger partial charge in [0.05, 0.1) is 11.1 Å². The topological polar surface area (TPSA) is 58.2 Å². The normalized spacial score (nSPS) is 11.9. The highest BCUT2D eigenvalue weighted by atomic mass is 79.9. The van der Waals surface area contributed by atoms with Crippen molar-refractivity contribution in [3.8, 4) is 0 Å². The van der Waals surface area contributed by atoms with Gasteiger partial charge in [-0.1, -0.05) is 6.07 Å². The second kappa shape index (κ2) is 7.97. The van der Waals surface area contributed by atoms with Crippen LogP contribution in [0.15, 0.2) is 34.8 Å². The van der Waals surface area contributed by atoms with Crippen molar-refractivity contribution in [2.24, 2.45) is 0 Å². The van der Waals surface area contributed by atoms with Gasteiger partial charge in [0.15, 0.2) is 0 Å². The lowest BCUT2D eigenvalue weighted by Crippen LogP contribution is -2.35. The summed E-state index contributed by atoms with van der Waals surface area (Å²) in [5, 5.41) is 3.01. The maximum atomic E-state index is 13.5. The Morgan fingerprint density at radius 2 is 1.31 bits per heavy atom. The number of urea groups is 1. The fourth-order valence-corrected chi connectivity index (χ4v) is 2.83. The van der Waals surface area contributed by atoms with E-state index in [0.717, 1.165) is 6.07 Å². The van der Waals surface area contributed by atoms with E-state index in [1.165, 1.54) is 5.32 Å². The van der Waals surface area contributed by atoms with Gasteiger partial charge in [0.2, 0.25) is 0 Å². The largest absolute Gasteiger partial charge is 0.417 e. The van der Waals surface area contributed by atoms with Crippen LogP contribution in [0.25, 0.3) is 0 Å². The van der Waals surface area contributed by atoms with Crippen LogP contribution in [0.5, 0.6) is 0 Å². The maximum Gasteiger partial charge on any atom is 0.417 e. The van der Waals surface area contributed by atoms with E-state index in [1.807, 2.05) is 0 Å². The quantitative estimate of drug-likeness (QED) is 0.528. The molecule has 156 valence electrons. The number of hydrogen-bond acceptors (Lipinski definition) is 2. The Kier molecular flexibility index (Phi) is 6.21. The minimum Gasteiger partial charge on any atom is -0.308 e. The molecule has 0 radical (unpaired) electrons. The van der Waals surface area contributed by atoms with E-state index in [2.05, 4.69) is 15.9 Å². The average molecular weight is 491 g/mol. The molecule has 0 bridgehead atoms. The average Bonchev–Trinajstić information content (AvgIpc) is 2.53. The predicted molar refractivity (Wildman–Crippen MR) is 87.0 cm³/mol. The van der Waals surface area contributed by atoms with Crippen LogP contribution in [0, 0.1) is 11.6 Å². The Hall–Kier alpha value is -2.70. The molecule has 0 atom stereocenters. The number of carbonyl (C=O) groups excluding carboxylic acids is 2. The number of nitrogens with one attached hydrogen (secondary N) is 2. The van der Waals surface area contributed by atoms with Gasteiger partial charge < -0.3 is 5.32 Å². The zero-order valence-electron chi connectivity index (χ0n) is 13.6. The highest BCUT2D eigenvalue weighted by Crippen LogP contribution is 2.44. The first-order chi connectivity index (χ1) is 13.2. The lowest BCUT2D eigenvalue weighted by molar-refractivity contribution is -0.144. The minimum atomic E-state index is -5.21. The highest BCUT2D eigenvalue weighted by Gasteiger charge is 2.41. The summed E-state index contributed by atoms with van der Waals surface area (Å²) in [6, 6.07) is 1.10. The fourth-order valence-electron chi connectivity index (χ4n) is 2.15. The van der Waals surface area contributed by atoms with Gasteiger partial charge in [-0.2, -0.15) is 26.3 Å². The Morgan fingerprint density at radius 1 is 0.862 bits per heavy atom. The Labute approximate surface area is 165 Å². The monoisotopic (exact) mass is 490 g/mol. The van der Waals surface area contributed by atoms with Crippen molar-refractivity contribution in [1.29, 1.82) is 0 Å². The van der Waals surface area contributed by atoms with Gasteiger partial charge in [0, 0.05) is 10.2 Å². The second-order valence-corrected chi connectivity index (χ2v) is 6.18. The van der Waals surface area contributed by atoms with Crippen LogP contribution in [-0.4, -0.2) is 11.9 Å². The zero-order chi connectivity index (χ0) is 22.1. The summed E-state index contributed by atoms with van der Waals surface area (Å²) in [4.78, 5) is 23.5. The number of halogens is 9. The van der Waals surface area contributed by atoms with E-state index >= 15 is 0 Å². The van der Waals surface area contributed by atoms with Crippen molar-refractivity contribution in [1.82, 2.24) is 5.32 Å². The van der Waals surface area contributed by atoms with Crippen molar-refractivity contribution in [3.05, 3.63) is 63.1 Å². The van der Waals surface area contributed by atoms with Gasteiger partial charge in [-0.3, -0.25) is 10.1 Å². The number of carbonyl (C=O) groups is 2. The third-order valence-electron chi connectivity index (χ3n) is 3.36. The predicted octanol–water partition coefficient (Wildman–Crippen LogP) is 5.73. The molecule has 2 N–H and O–H groups in total. The van der Waals surface area contributed by atoms with Crippen molar-refractivity contribution >= 4 is 33.6 Å². The number of imide groups is 1. The molecular formula is C16H7BrF8N2O2. The summed E-state index contributed by atoms with van der Waals surface area (Å²) >= 11 is 2.23. The summed E-state index contributed by atoms with van der Waals surface area (Å²) in [5.74, 6) is -4.27. The van der Waals surface area contributed by atoms with E-state index in [0.29, 0.717) is 12.1 Å². The molecule has 0 aliphatic heterocycles. The molecule has 0 fully saturated rings. The van der Waals surface area contributed by atoms with Crippen LogP contribution < -0.4 is 10.6 Å². The van der Waals surface area contributed by atoms with Crippen molar-refractivity contribution < 1.29 is 44.7 Å². The number of amides is 3. The van der Waals surface area contributed by atoms with Crippen molar-refractivity contribution in [2.45, 2.75) is 12.4 Å². The SMILES string of the molecule is O=C(NC(=O)c1c(F)cccc1F)Nc1cc(C(F)(F)F)c(Br)c(C(F)(F)F)c1. The molecule has 0 heterocycles.